The van der Waals surface area contributed by atoms with Crippen LogP contribution in [0.15, 0.2) is 239 Å². The topological polar surface area (TPSA) is 95.7 Å². The number of benzene rings is 11. The smallest absolute Gasteiger partial charge is 0.227 e. The van der Waals surface area contributed by atoms with E-state index in [-0.39, 0.29) is 0 Å². The first-order valence-electron chi connectivity index (χ1n) is 24.3. The lowest BCUT2D eigenvalue weighted by molar-refractivity contribution is 0.619. The summed E-state index contributed by atoms with van der Waals surface area (Å²) in [5, 5.41) is 9.54. The van der Waals surface area contributed by atoms with E-state index in [4.69, 9.17) is 33.8 Å². The van der Waals surface area contributed by atoms with Crippen LogP contribution in [0, 0.1) is 0 Å². The van der Waals surface area contributed by atoms with Crippen LogP contribution < -0.4 is 0 Å². The van der Waals surface area contributed by atoms with E-state index in [1.54, 1.807) is 0 Å². The van der Waals surface area contributed by atoms with E-state index >= 15 is 0 Å². The highest BCUT2D eigenvalue weighted by molar-refractivity contribution is 6.17. The quantitative estimate of drug-likeness (QED) is 0.157. The fraction of sp³-hybridized carbons (Fsp3) is 0. The summed E-state index contributed by atoms with van der Waals surface area (Å²) in [6.07, 6.45) is 0. The Hall–Kier alpha value is -10.1. The zero-order valence-corrected chi connectivity index (χ0v) is 38.9. The number of nitrogens with zero attached hydrogens (tertiary/aromatic N) is 6. The number of hydrogen-bond donors (Lipinski definition) is 0. The second-order valence-corrected chi connectivity index (χ2v) is 18.5. The van der Waals surface area contributed by atoms with E-state index in [0.29, 0.717) is 29.3 Å². The van der Waals surface area contributed by atoms with Crippen molar-refractivity contribution in [3.63, 3.8) is 0 Å². The summed E-state index contributed by atoms with van der Waals surface area (Å²) in [5.41, 5.74) is 13.3. The molecule has 0 N–H and O–H groups in total. The lowest BCUT2D eigenvalue weighted by atomic mass is 9.97. The summed E-state index contributed by atoms with van der Waals surface area (Å²) in [6, 6.07) is 80.2. The standard InChI is InChI=1S/C65H38N6O2/c1-2-12-52(13-3-1)71-57-37-44-11-5-4-10-43(44)35-53(57)54-36-51-34-48(28-29-49(51)38-58(54)71)45-26-27-47-33-50(31-30-46(47)32-45)63-69-61(39-18-22-41(23-19-39)64-66-55-14-6-8-16-59(55)72-64)68-62(70-63)40-20-24-42(25-21-40)65-67-56-15-7-9-17-60(56)73-65/h1-38H. The van der Waals surface area contributed by atoms with Crippen LogP contribution >= 0.6 is 0 Å². The number of fused-ring (bicyclic) bond motifs is 8. The van der Waals surface area contributed by atoms with E-state index in [1.807, 2.05) is 97.1 Å². The molecule has 15 aromatic rings. The second-order valence-electron chi connectivity index (χ2n) is 18.5. The molecular formula is C65H38N6O2. The van der Waals surface area contributed by atoms with Crippen molar-refractivity contribution in [1.82, 2.24) is 29.5 Å². The van der Waals surface area contributed by atoms with Crippen molar-refractivity contribution in [2.45, 2.75) is 0 Å². The van der Waals surface area contributed by atoms with Gasteiger partial charge in [-0.05, 0) is 147 Å². The van der Waals surface area contributed by atoms with Crippen molar-refractivity contribution in [2.75, 3.05) is 0 Å². The molecule has 4 aromatic heterocycles. The average molecular weight is 935 g/mol. The summed E-state index contributed by atoms with van der Waals surface area (Å²) in [4.78, 5) is 24.7. The minimum absolute atomic E-state index is 0.550. The van der Waals surface area contributed by atoms with Crippen LogP contribution in [0.2, 0.25) is 0 Å². The third kappa shape index (κ3) is 7.03. The fourth-order valence-electron chi connectivity index (χ4n) is 10.3. The largest absolute Gasteiger partial charge is 0.436 e. The van der Waals surface area contributed by atoms with Gasteiger partial charge in [0.05, 0.1) is 11.0 Å². The molecule has 0 amide bonds. The lowest BCUT2D eigenvalue weighted by Crippen LogP contribution is -2.00. The normalized spacial score (nSPS) is 11.8. The van der Waals surface area contributed by atoms with Crippen LogP contribution in [0.4, 0.5) is 0 Å². The van der Waals surface area contributed by atoms with Crippen LogP contribution in [0.25, 0.3) is 150 Å². The molecule has 15 rings (SSSR count). The van der Waals surface area contributed by atoms with Gasteiger partial charge < -0.3 is 13.4 Å². The Labute approximate surface area is 417 Å². The van der Waals surface area contributed by atoms with Gasteiger partial charge in [-0.1, -0.05) is 127 Å². The first kappa shape index (κ1) is 40.8. The molecule has 0 aliphatic carbocycles. The fourth-order valence-corrected chi connectivity index (χ4v) is 10.3. The number of oxazole rings is 2. The summed E-state index contributed by atoms with van der Waals surface area (Å²) >= 11 is 0. The van der Waals surface area contributed by atoms with E-state index in [9.17, 15) is 0 Å². The zero-order chi connectivity index (χ0) is 48.0. The molecule has 8 nitrogen and oxygen atoms in total. The van der Waals surface area contributed by atoms with E-state index < -0.39 is 0 Å². The van der Waals surface area contributed by atoms with Gasteiger partial charge in [0.1, 0.15) is 11.0 Å². The summed E-state index contributed by atoms with van der Waals surface area (Å²) in [7, 11) is 0. The Kier molecular flexibility index (Phi) is 9.09. The van der Waals surface area contributed by atoms with E-state index in [2.05, 4.69) is 138 Å². The maximum atomic E-state index is 6.08. The molecule has 73 heavy (non-hydrogen) atoms. The molecule has 0 spiro atoms. The Morgan fingerprint density at radius 2 is 0.658 bits per heavy atom. The highest BCUT2D eigenvalue weighted by Crippen LogP contribution is 2.39. The van der Waals surface area contributed by atoms with E-state index in [1.165, 1.54) is 43.4 Å². The Morgan fingerprint density at radius 1 is 0.274 bits per heavy atom. The van der Waals surface area contributed by atoms with Gasteiger partial charge in [0, 0.05) is 44.3 Å². The highest BCUT2D eigenvalue weighted by Gasteiger charge is 2.18. The zero-order valence-electron chi connectivity index (χ0n) is 38.9. The van der Waals surface area contributed by atoms with Crippen molar-refractivity contribution >= 4 is 76.3 Å². The van der Waals surface area contributed by atoms with Crippen LogP contribution in [-0.4, -0.2) is 29.5 Å². The number of hydrogen-bond acceptors (Lipinski definition) is 7. The van der Waals surface area contributed by atoms with Crippen LogP contribution in [0.1, 0.15) is 0 Å². The van der Waals surface area contributed by atoms with Gasteiger partial charge in [-0.3, -0.25) is 0 Å². The Morgan fingerprint density at radius 3 is 1.21 bits per heavy atom. The van der Waals surface area contributed by atoms with E-state index in [0.717, 1.165) is 77.6 Å². The van der Waals surface area contributed by atoms with Gasteiger partial charge in [0.25, 0.3) is 0 Å². The molecule has 0 aliphatic heterocycles. The first-order chi connectivity index (χ1) is 36.1. The number of aromatic nitrogens is 6. The molecule has 340 valence electrons. The first-order valence-corrected chi connectivity index (χ1v) is 24.3. The van der Waals surface area contributed by atoms with Crippen molar-refractivity contribution < 1.29 is 8.83 Å². The molecule has 11 aromatic carbocycles. The third-order valence-electron chi connectivity index (χ3n) is 14.0. The molecule has 4 heterocycles. The maximum Gasteiger partial charge on any atom is 0.227 e. The molecule has 0 fully saturated rings. The van der Waals surface area contributed by atoms with Gasteiger partial charge >= 0.3 is 0 Å². The average Bonchev–Trinajstić information content (AvgIpc) is 4.18. The molecule has 8 heteroatoms. The van der Waals surface area contributed by atoms with Gasteiger partial charge in [0.15, 0.2) is 28.6 Å². The maximum absolute atomic E-state index is 6.08. The minimum atomic E-state index is 0.550. The summed E-state index contributed by atoms with van der Waals surface area (Å²) in [5.74, 6) is 2.79. The van der Waals surface area contributed by atoms with Gasteiger partial charge in [-0.15, -0.1) is 0 Å². The van der Waals surface area contributed by atoms with Gasteiger partial charge in [-0.2, -0.15) is 0 Å². The lowest BCUT2D eigenvalue weighted by Gasteiger charge is -2.11. The molecular weight excluding hydrogens is 897 g/mol. The third-order valence-corrected chi connectivity index (χ3v) is 14.0. The molecule has 0 saturated heterocycles. The Bertz CT molecular complexity index is 4470. The number of para-hydroxylation sites is 5. The predicted molar refractivity (Wildman–Crippen MR) is 294 cm³/mol. The van der Waals surface area contributed by atoms with Crippen molar-refractivity contribution in [1.29, 1.82) is 0 Å². The molecule has 0 radical (unpaired) electrons. The predicted octanol–water partition coefficient (Wildman–Crippen LogP) is 16.7. The van der Waals surface area contributed by atoms with Gasteiger partial charge in [-0.25, -0.2) is 24.9 Å². The molecule has 0 unspecified atom stereocenters. The SMILES string of the molecule is c1ccc(-n2c3cc4ccccc4cc3c3cc4cc(-c5ccc6cc(-c7nc(-c8ccc(-c9nc%10ccccc%10o9)cc8)nc(-c8ccc(-c9nc%10ccccc%10o9)cc8)n7)ccc6c5)ccc4cc32)cc1. The number of rotatable bonds is 7. The summed E-state index contributed by atoms with van der Waals surface area (Å²) in [6.45, 7) is 0. The van der Waals surface area contributed by atoms with Crippen molar-refractivity contribution in [2.24, 2.45) is 0 Å². The van der Waals surface area contributed by atoms with Crippen LogP contribution in [0.3, 0.4) is 0 Å². The summed E-state index contributed by atoms with van der Waals surface area (Å²) < 4.78 is 14.6. The van der Waals surface area contributed by atoms with Crippen molar-refractivity contribution in [3.8, 4) is 73.9 Å². The van der Waals surface area contributed by atoms with Crippen molar-refractivity contribution in [3.05, 3.63) is 231 Å². The second kappa shape index (κ2) is 16.3. The molecule has 0 bridgehead atoms. The highest BCUT2D eigenvalue weighted by atomic mass is 16.4. The monoisotopic (exact) mass is 934 g/mol. The van der Waals surface area contributed by atoms with Crippen LogP contribution in [-0.2, 0) is 0 Å². The minimum Gasteiger partial charge on any atom is -0.436 e. The Balaban J connectivity index is 0.795. The molecule has 0 aliphatic rings. The van der Waals surface area contributed by atoms with Gasteiger partial charge in [0.2, 0.25) is 11.8 Å². The molecule has 0 saturated carbocycles. The van der Waals surface area contributed by atoms with Crippen LogP contribution in [0.5, 0.6) is 0 Å². The molecule has 0 atom stereocenters.